The number of carbonyl (C=O) groups is 2. The lowest BCUT2D eigenvalue weighted by Crippen LogP contribution is -2.19. The number of carboxylic acids is 1. The van der Waals surface area contributed by atoms with Gasteiger partial charge in [-0.25, -0.2) is 0 Å². The third-order valence-electron chi connectivity index (χ3n) is 4.53. The molecular weight excluding hydrogens is 316 g/mol. The Morgan fingerprint density at radius 2 is 1.92 bits per heavy atom. The molecule has 2 N–H and O–H groups in total. The first-order valence-corrected chi connectivity index (χ1v) is 8.20. The quantitative estimate of drug-likeness (QED) is 0.897. The Balaban J connectivity index is 1.73. The summed E-state index contributed by atoms with van der Waals surface area (Å²) in [5.74, 6) is -0.863. The molecule has 0 radical (unpaired) electrons. The third-order valence-corrected chi connectivity index (χ3v) is 4.53. The number of nitrogens with one attached hydrogen (secondary N) is 1. The molecule has 0 spiro atoms. The Hall–Kier alpha value is -3.13. The Kier molecular flexibility index (Phi) is 4.80. The molecule has 1 amide bonds. The summed E-state index contributed by atoms with van der Waals surface area (Å²) in [6.07, 6.45) is 2.58. The van der Waals surface area contributed by atoms with E-state index in [-0.39, 0.29) is 18.2 Å². The molecule has 126 valence electrons. The number of carboxylic acid groups (broad SMARTS) is 1. The van der Waals surface area contributed by atoms with Crippen molar-refractivity contribution in [3.8, 4) is 6.07 Å². The summed E-state index contributed by atoms with van der Waals surface area (Å²) in [6.45, 7) is 0. The monoisotopic (exact) mass is 334 g/mol. The first-order chi connectivity index (χ1) is 12.0. The van der Waals surface area contributed by atoms with E-state index in [0.29, 0.717) is 23.2 Å². The molecule has 0 bridgehead atoms. The van der Waals surface area contributed by atoms with E-state index < -0.39 is 5.97 Å². The van der Waals surface area contributed by atoms with Crippen LogP contribution in [0.25, 0.3) is 0 Å². The summed E-state index contributed by atoms with van der Waals surface area (Å²) in [6, 6.07) is 14.3. The predicted octanol–water partition coefficient (Wildman–Crippen LogP) is 3.39. The van der Waals surface area contributed by atoms with Crippen molar-refractivity contribution in [3.05, 3.63) is 64.7 Å². The van der Waals surface area contributed by atoms with E-state index in [1.165, 1.54) is 5.56 Å². The first-order valence-electron chi connectivity index (χ1n) is 8.20. The summed E-state index contributed by atoms with van der Waals surface area (Å²) in [4.78, 5) is 23.4. The molecule has 0 saturated heterocycles. The van der Waals surface area contributed by atoms with Gasteiger partial charge in [0.1, 0.15) is 0 Å². The maximum atomic E-state index is 12.4. The van der Waals surface area contributed by atoms with Crippen molar-refractivity contribution in [2.45, 2.75) is 25.7 Å². The fourth-order valence-electron chi connectivity index (χ4n) is 3.23. The van der Waals surface area contributed by atoms with Gasteiger partial charge in [-0.05, 0) is 72.7 Å². The number of carbonyl (C=O) groups excluding carboxylic acids is 1. The van der Waals surface area contributed by atoms with Gasteiger partial charge in [0.05, 0.1) is 11.6 Å². The van der Waals surface area contributed by atoms with Gasteiger partial charge in [-0.3, -0.25) is 9.59 Å². The van der Waals surface area contributed by atoms with Gasteiger partial charge in [0.15, 0.2) is 0 Å². The molecule has 2 aromatic carbocycles. The molecular formula is C20H18N2O3. The molecule has 1 atom stereocenters. The maximum Gasteiger partial charge on any atom is 0.303 e. The number of amides is 1. The molecule has 5 nitrogen and oxygen atoms in total. The van der Waals surface area contributed by atoms with Gasteiger partial charge in [-0.2, -0.15) is 5.26 Å². The molecule has 0 aromatic heterocycles. The number of nitriles is 1. The summed E-state index contributed by atoms with van der Waals surface area (Å²) < 4.78 is 0. The molecule has 1 unspecified atom stereocenters. The van der Waals surface area contributed by atoms with Gasteiger partial charge in [0.2, 0.25) is 0 Å². The highest BCUT2D eigenvalue weighted by atomic mass is 16.4. The maximum absolute atomic E-state index is 12.4. The van der Waals surface area contributed by atoms with Crippen molar-refractivity contribution in [3.63, 3.8) is 0 Å². The van der Waals surface area contributed by atoms with Gasteiger partial charge >= 0.3 is 5.97 Å². The zero-order valence-electron chi connectivity index (χ0n) is 13.7. The SMILES string of the molecule is N#Cc1ccc(NC(=O)c2ccc3c(c2)CC(CC(=O)O)CC3)cc1. The number of hydrogen-bond acceptors (Lipinski definition) is 3. The zero-order chi connectivity index (χ0) is 17.8. The van der Waals surface area contributed by atoms with Crippen LogP contribution >= 0.6 is 0 Å². The van der Waals surface area contributed by atoms with E-state index in [2.05, 4.69) is 5.32 Å². The fourth-order valence-corrected chi connectivity index (χ4v) is 3.23. The third kappa shape index (κ3) is 4.04. The minimum absolute atomic E-state index is 0.127. The van der Waals surface area contributed by atoms with Crippen LogP contribution in [-0.4, -0.2) is 17.0 Å². The van der Waals surface area contributed by atoms with Crippen LogP contribution in [0, 0.1) is 17.2 Å². The minimum atomic E-state index is -0.775. The molecule has 1 aliphatic carbocycles. The van der Waals surface area contributed by atoms with Crippen LogP contribution in [0.2, 0.25) is 0 Å². The topological polar surface area (TPSA) is 90.2 Å². The van der Waals surface area contributed by atoms with Crippen molar-refractivity contribution < 1.29 is 14.7 Å². The zero-order valence-corrected chi connectivity index (χ0v) is 13.7. The van der Waals surface area contributed by atoms with Crippen LogP contribution in [0.1, 0.15) is 39.9 Å². The highest BCUT2D eigenvalue weighted by molar-refractivity contribution is 6.04. The van der Waals surface area contributed by atoms with Crippen LogP contribution in [0.3, 0.4) is 0 Å². The van der Waals surface area contributed by atoms with Crippen LogP contribution in [0.4, 0.5) is 5.69 Å². The molecule has 0 aliphatic heterocycles. The lowest BCUT2D eigenvalue weighted by atomic mass is 9.81. The Labute approximate surface area is 145 Å². The predicted molar refractivity (Wildman–Crippen MR) is 93.3 cm³/mol. The molecule has 5 heteroatoms. The molecule has 0 saturated carbocycles. The van der Waals surface area contributed by atoms with Crippen LogP contribution in [0.5, 0.6) is 0 Å². The first kappa shape index (κ1) is 16.7. The van der Waals surface area contributed by atoms with Crippen LogP contribution < -0.4 is 5.32 Å². The number of aliphatic carboxylic acids is 1. The second-order valence-corrected chi connectivity index (χ2v) is 6.33. The Morgan fingerprint density at radius 3 is 2.60 bits per heavy atom. The van der Waals surface area contributed by atoms with Crippen molar-refractivity contribution in [2.24, 2.45) is 5.92 Å². The molecule has 0 fully saturated rings. The largest absolute Gasteiger partial charge is 0.481 e. The standard InChI is InChI=1S/C20H18N2O3/c21-12-13-2-7-18(8-3-13)22-20(25)16-6-5-15-4-1-14(10-19(23)24)9-17(15)11-16/h2-3,5-8,11,14H,1,4,9-10H2,(H,22,25)(H,23,24). The van der Waals surface area contributed by atoms with E-state index in [9.17, 15) is 9.59 Å². The van der Waals surface area contributed by atoms with Gasteiger partial charge in [-0.15, -0.1) is 0 Å². The van der Waals surface area contributed by atoms with E-state index in [4.69, 9.17) is 10.4 Å². The highest BCUT2D eigenvalue weighted by Gasteiger charge is 2.22. The summed E-state index contributed by atoms with van der Waals surface area (Å²) in [5.41, 5.74) is 3.97. The smallest absolute Gasteiger partial charge is 0.303 e. The van der Waals surface area contributed by atoms with E-state index >= 15 is 0 Å². The second kappa shape index (κ2) is 7.18. The van der Waals surface area contributed by atoms with Crippen molar-refractivity contribution >= 4 is 17.6 Å². The van der Waals surface area contributed by atoms with Gasteiger partial charge in [0.25, 0.3) is 5.91 Å². The minimum Gasteiger partial charge on any atom is -0.481 e. The van der Waals surface area contributed by atoms with Gasteiger partial charge < -0.3 is 10.4 Å². The summed E-state index contributed by atoms with van der Waals surface area (Å²) in [7, 11) is 0. The fraction of sp³-hybridized carbons (Fsp3) is 0.250. The number of nitrogens with zero attached hydrogens (tertiary/aromatic N) is 1. The van der Waals surface area contributed by atoms with Gasteiger partial charge in [0, 0.05) is 17.7 Å². The Morgan fingerprint density at radius 1 is 1.16 bits per heavy atom. The van der Waals surface area contributed by atoms with E-state index in [0.717, 1.165) is 18.4 Å². The molecule has 1 aliphatic rings. The second-order valence-electron chi connectivity index (χ2n) is 6.33. The normalized spacial score (nSPS) is 15.7. The molecule has 3 rings (SSSR count). The number of hydrogen-bond donors (Lipinski definition) is 2. The molecule has 0 heterocycles. The number of fused-ring (bicyclic) bond motifs is 1. The van der Waals surface area contributed by atoms with Crippen molar-refractivity contribution in [2.75, 3.05) is 5.32 Å². The van der Waals surface area contributed by atoms with Crippen LogP contribution in [0.15, 0.2) is 42.5 Å². The van der Waals surface area contributed by atoms with Crippen molar-refractivity contribution in [1.29, 1.82) is 5.26 Å². The Bertz CT molecular complexity index is 850. The summed E-state index contributed by atoms with van der Waals surface area (Å²) >= 11 is 0. The molecule has 25 heavy (non-hydrogen) atoms. The van der Waals surface area contributed by atoms with Crippen molar-refractivity contribution in [1.82, 2.24) is 0 Å². The summed E-state index contributed by atoms with van der Waals surface area (Å²) in [5, 5.41) is 20.6. The highest BCUT2D eigenvalue weighted by Crippen LogP contribution is 2.28. The van der Waals surface area contributed by atoms with Gasteiger partial charge in [-0.1, -0.05) is 6.07 Å². The number of benzene rings is 2. The average Bonchev–Trinajstić information content (AvgIpc) is 2.61. The average molecular weight is 334 g/mol. The lowest BCUT2D eigenvalue weighted by Gasteiger charge is -2.23. The van der Waals surface area contributed by atoms with E-state index in [1.54, 1.807) is 30.3 Å². The molecule has 2 aromatic rings. The number of aryl methyl sites for hydroxylation is 1. The van der Waals surface area contributed by atoms with Crippen LogP contribution in [-0.2, 0) is 17.6 Å². The van der Waals surface area contributed by atoms with E-state index in [1.807, 2.05) is 18.2 Å². The lowest BCUT2D eigenvalue weighted by molar-refractivity contribution is -0.138. The number of anilines is 1. The number of rotatable bonds is 4.